The largest absolute Gasteiger partial charge is 0.293 e. The van der Waals surface area contributed by atoms with Gasteiger partial charge in [-0.15, -0.1) is 11.3 Å². The van der Waals surface area contributed by atoms with Crippen molar-refractivity contribution in [1.82, 2.24) is 0 Å². The van der Waals surface area contributed by atoms with Crippen LogP contribution in [0.3, 0.4) is 0 Å². The summed E-state index contributed by atoms with van der Waals surface area (Å²) in [6, 6.07) is 10.3. The minimum atomic E-state index is 0.345. The Bertz CT molecular complexity index is 739. The van der Waals surface area contributed by atoms with E-state index in [0.29, 0.717) is 17.6 Å². The lowest BCUT2D eigenvalue weighted by Gasteiger charge is -2.09. The molecule has 4 rings (SSSR count). The molecule has 114 valence electrons. The molecule has 2 aliphatic rings. The second kappa shape index (κ2) is 4.79. The SMILES string of the molecule is Cc1sc(C(=O)CCc2ccccc2)c2c1[C@H]1[C@@H](C2)C1(C)C. The average molecular weight is 310 g/mol. The summed E-state index contributed by atoms with van der Waals surface area (Å²) in [6.07, 6.45) is 2.61. The highest BCUT2D eigenvalue weighted by atomic mass is 32.1. The Balaban J connectivity index is 1.54. The number of hydrogen-bond donors (Lipinski definition) is 0. The maximum absolute atomic E-state index is 12.7. The van der Waals surface area contributed by atoms with Gasteiger partial charge in [-0.1, -0.05) is 44.2 Å². The maximum Gasteiger partial charge on any atom is 0.173 e. The van der Waals surface area contributed by atoms with Crippen LogP contribution in [0.25, 0.3) is 0 Å². The lowest BCUT2D eigenvalue weighted by Crippen LogP contribution is -2.05. The Labute approximate surface area is 136 Å². The third-order valence-corrected chi connectivity index (χ3v) is 6.96. The summed E-state index contributed by atoms with van der Waals surface area (Å²) in [5.74, 6) is 1.84. The number of rotatable bonds is 4. The third kappa shape index (κ3) is 2.00. The Morgan fingerprint density at radius 3 is 2.73 bits per heavy atom. The molecule has 1 saturated carbocycles. The van der Waals surface area contributed by atoms with E-state index in [9.17, 15) is 4.79 Å². The fraction of sp³-hybridized carbons (Fsp3) is 0.450. The quantitative estimate of drug-likeness (QED) is 0.712. The highest BCUT2D eigenvalue weighted by Crippen LogP contribution is 2.71. The van der Waals surface area contributed by atoms with E-state index in [4.69, 9.17) is 0 Å². The van der Waals surface area contributed by atoms with Gasteiger partial charge < -0.3 is 0 Å². The summed E-state index contributed by atoms with van der Waals surface area (Å²) < 4.78 is 0. The van der Waals surface area contributed by atoms with Crippen LogP contribution in [0, 0.1) is 18.3 Å². The lowest BCUT2D eigenvalue weighted by molar-refractivity contribution is 0.0986. The molecule has 22 heavy (non-hydrogen) atoms. The van der Waals surface area contributed by atoms with Crippen LogP contribution in [0.2, 0.25) is 0 Å². The first kappa shape index (κ1) is 14.2. The molecule has 2 atom stereocenters. The van der Waals surface area contributed by atoms with Gasteiger partial charge in [-0.2, -0.15) is 0 Å². The van der Waals surface area contributed by atoms with Crippen LogP contribution in [0.5, 0.6) is 0 Å². The van der Waals surface area contributed by atoms with E-state index in [1.165, 1.54) is 21.6 Å². The molecule has 0 spiro atoms. The number of benzene rings is 1. The maximum atomic E-state index is 12.7. The van der Waals surface area contributed by atoms with Gasteiger partial charge in [-0.25, -0.2) is 0 Å². The summed E-state index contributed by atoms with van der Waals surface area (Å²) in [6.45, 7) is 6.95. The fourth-order valence-electron chi connectivity index (χ4n) is 4.37. The number of aryl methyl sites for hydroxylation is 2. The standard InChI is InChI=1S/C20H22OS/c1-12-17-14(11-15-18(17)20(15,2)3)19(22-12)16(21)10-9-13-7-5-4-6-8-13/h4-8,15,18H,9-11H2,1-3H3/t15-,18-/m1/s1. The third-order valence-electron chi connectivity index (χ3n) is 5.76. The summed E-state index contributed by atoms with van der Waals surface area (Å²) in [7, 11) is 0. The van der Waals surface area contributed by atoms with E-state index in [2.05, 4.69) is 32.9 Å². The van der Waals surface area contributed by atoms with Crippen molar-refractivity contribution in [2.45, 2.75) is 46.0 Å². The minimum Gasteiger partial charge on any atom is -0.293 e. The predicted octanol–water partition coefficient (Wildman–Crippen LogP) is 5.17. The average Bonchev–Trinajstić information content (AvgIpc) is 2.86. The molecule has 1 aromatic heterocycles. The van der Waals surface area contributed by atoms with Crippen LogP contribution >= 0.6 is 11.3 Å². The molecule has 1 heterocycles. The van der Waals surface area contributed by atoms with Gasteiger partial charge in [0.1, 0.15) is 0 Å². The highest BCUT2D eigenvalue weighted by molar-refractivity contribution is 7.14. The van der Waals surface area contributed by atoms with Gasteiger partial charge in [0.25, 0.3) is 0 Å². The van der Waals surface area contributed by atoms with Crippen molar-refractivity contribution < 1.29 is 4.79 Å². The number of fused-ring (bicyclic) bond motifs is 3. The number of ketones is 1. The second-order valence-electron chi connectivity index (χ2n) is 7.40. The molecular weight excluding hydrogens is 288 g/mol. The molecule has 0 aliphatic heterocycles. The molecule has 1 aromatic carbocycles. The van der Waals surface area contributed by atoms with Gasteiger partial charge in [0.15, 0.2) is 5.78 Å². The number of thiophene rings is 1. The first-order valence-corrected chi connectivity index (χ1v) is 9.01. The molecule has 2 aromatic rings. The van der Waals surface area contributed by atoms with Gasteiger partial charge in [-0.3, -0.25) is 4.79 Å². The zero-order valence-corrected chi connectivity index (χ0v) is 14.3. The molecule has 0 bridgehead atoms. The molecule has 0 N–H and O–H groups in total. The number of hydrogen-bond acceptors (Lipinski definition) is 2. The van der Waals surface area contributed by atoms with Gasteiger partial charge >= 0.3 is 0 Å². The molecule has 0 radical (unpaired) electrons. The normalized spacial score (nSPS) is 24.0. The van der Waals surface area contributed by atoms with Crippen molar-refractivity contribution in [3.05, 3.63) is 56.8 Å². The van der Waals surface area contributed by atoms with Crippen molar-refractivity contribution in [3.8, 4) is 0 Å². The zero-order valence-electron chi connectivity index (χ0n) is 13.5. The van der Waals surface area contributed by atoms with Crippen molar-refractivity contribution in [3.63, 3.8) is 0 Å². The summed E-state index contributed by atoms with van der Waals surface area (Å²) in [5, 5.41) is 0. The van der Waals surface area contributed by atoms with E-state index >= 15 is 0 Å². The van der Waals surface area contributed by atoms with E-state index in [1.807, 2.05) is 18.2 Å². The Morgan fingerprint density at radius 2 is 2.00 bits per heavy atom. The van der Waals surface area contributed by atoms with Crippen molar-refractivity contribution >= 4 is 17.1 Å². The van der Waals surface area contributed by atoms with Crippen molar-refractivity contribution in [1.29, 1.82) is 0 Å². The van der Waals surface area contributed by atoms with Crippen LogP contribution in [0.1, 0.15) is 57.4 Å². The van der Waals surface area contributed by atoms with Gasteiger partial charge in [-0.05, 0) is 53.7 Å². The molecule has 0 amide bonds. The zero-order chi connectivity index (χ0) is 15.5. The summed E-state index contributed by atoms with van der Waals surface area (Å²) in [4.78, 5) is 15.1. The monoisotopic (exact) mass is 310 g/mol. The van der Waals surface area contributed by atoms with E-state index < -0.39 is 0 Å². The molecule has 0 saturated heterocycles. The Morgan fingerprint density at radius 1 is 1.27 bits per heavy atom. The van der Waals surface area contributed by atoms with Crippen molar-refractivity contribution in [2.75, 3.05) is 0 Å². The van der Waals surface area contributed by atoms with Gasteiger partial charge in [0, 0.05) is 11.3 Å². The molecular formula is C20H22OS. The van der Waals surface area contributed by atoms with Gasteiger partial charge in [0.05, 0.1) is 4.88 Å². The highest BCUT2D eigenvalue weighted by Gasteiger charge is 2.63. The lowest BCUT2D eigenvalue weighted by atomic mass is 9.94. The van der Waals surface area contributed by atoms with Gasteiger partial charge in [0.2, 0.25) is 0 Å². The smallest absolute Gasteiger partial charge is 0.173 e. The van der Waals surface area contributed by atoms with Crippen molar-refractivity contribution in [2.24, 2.45) is 11.3 Å². The van der Waals surface area contributed by atoms with Crippen LogP contribution in [-0.4, -0.2) is 5.78 Å². The number of carbonyl (C=O) groups is 1. The first-order valence-electron chi connectivity index (χ1n) is 8.19. The molecule has 2 heteroatoms. The van der Waals surface area contributed by atoms with Crippen LogP contribution in [0.15, 0.2) is 30.3 Å². The van der Waals surface area contributed by atoms with E-state index in [1.54, 1.807) is 11.3 Å². The molecule has 2 aliphatic carbocycles. The van der Waals surface area contributed by atoms with Crippen LogP contribution < -0.4 is 0 Å². The fourth-order valence-corrected chi connectivity index (χ4v) is 5.57. The topological polar surface area (TPSA) is 17.1 Å². The first-order chi connectivity index (χ1) is 10.5. The van der Waals surface area contributed by atoms with Crippen LogP contribution in [-0.2, 0) is 12.8 Å². The van der Waals surface area contributed by atoms with Crippen LogP contribution in [0.4, 0.5) is 0 Å². The molecule has 0 unspecified atom stereocenters. The Hall–Kier alpha value is -1.41. The summed E-state index contributed by atoms with van der Waals surface area (Å²) in [5.41, 5.74) is 4.64. The Kier molecular flexibility index (Phi) is 3.09. The van der Waals surface area contributed by atoms with E-state index in [0.717, 1.165) is 29.6 Å². The predicted molar refractivity (Wildman–Crippen MR) is 91.9 cm³/mol. The molecule has 1 nitrogen and oxygen atoms in total. The minimum absolute atomic E-state index is 0.345. The number of Topliss-reactive ketones (excluding diaryl/α,β-unsaturated/α-hetero) is 1. The molecule has 1 fully saturated rings. The number of carbonyl (C=O) groups excluding carboxylic acids is 1. The van der Waals surface area contributed by atoms with E-state index in [-0.39, 0.29) is 0 Å². The second-order valence-corrected chi connectivity index (χ2v) is 8.62. The summed E-state index contributed by atoms with van der Waals surface area (Å²) >= 11 is 1.74.